The first-order valence-electron chi connectivity index (χ1n) is 3.24. The fraction of sp³-hybridized carbons (Fsp3) is 0.286. The number of rotatable bonds is 2. The monoisotopic (exact) mass is 229 g/mol. The number of halogens is 5. The minimum Gasteiger partial charge on any atom is -0.244 e. The number of nitrogens with zero attached hydrogens (tertiary/aromatic N) is 1. The Bertz CT molecular complexity index is 317. The van der Waals surface area contributed by atoms with Crippen LogP contribution in [0.3, 0.4) is 0 Å². The SMILES string of the molecule is Fc1c(C(F)F)cnc(Cl)c1CCl. The molecule has 1 rings (SSSR count). The van der Waals surface area contributed by atoms with E-state index in [0.717, 1.165) is 0 Å². The largest absolute Gasteiger partial charge is 0.268 e. The standard InChI is InChI=1S/C7H4Cl2F3N/c8-1-3-5(10)4(7(11)12)2-13-6(3)9/h2,7H,1H2. The second kappa shape index (κ2) is 4.15. The van der Waals surface area contributed by atoms with Gasteiger partial charge < -0.3 is 0 Å². The third-order valence-electron chi connectivity index (χ3n) is 1.45. The Morgan fingerprint density at radius 1 is 1.46 bits per heavy atom. The summed E-state index contributed by atoms with van der Waals surface area (Å²) in [6.45, 7) is 0. The van der Waals surface area contributed by atoms with Crippen molar-refractivity contribution in [3.8, 4) is 0 Å². The average Bonchev–Trinajstić information content (AvgIpc) is 2.04. The van der Waals surface area contributed by atoms with Gasteiger partial charge in [-0.3, -0.25) is 0 Å². The zero-order chi connectivity index (χ0) is 10.0. The van der Waals surface area contributed by atoms with E-state index in [1.54, 1.807) is 0 Å². The van der Waals surface area contributed by atoms with Crippen LogP contribution in [0.15, 0.2) is 6.20 Å². The molecule has 0 aliphatic heterocycles. The first kappa shape index (κ1) is 10.6. The number of hydrogen-bond acceptors (Lipinski definition) is 1. The molecule has 0 radical (unpaired) electrons. The quantitative estimate of drug-likeness (QED) is 0.559. The van der Waals surface area contributed by atoms with Crippen molar-refractivity contribution in [3.63, 3.8) is 0 Å². The summed E-state index contributed by atoms with van der Waals surface area (Å²) in [4.78, 5) is 3.39. The Kier molecular flexibility index (Phi) is 3.39. The smallest absolute Gasteiger partial charge is 0.244 e. The van der Waals surface area contributed by atoms with Gasteiger partial charge in [0.25, 0.3) is 6.43 Å². The lowest BCUT2D eigenvalue weighted by atomic mass is 10.2. The van der Waals surface area contributed by atoms with Gasteiger partial charge in [0.05, 0.1) is 11.4 Å². The van der Waals surface area contributed by atoms with E-state index in [1.165, 1.54) is 0 Å². The van der Waals surface area contributed by atoms with Crippen LogP contribution in [0, 0.1) is 5.82 Å². The molecule has 1 heterocycles. The average molecular weight is 230 g/mol. The summed E-state index contributed by atoms with van der Waals surface area (Å²) in [5.41, 5.74) is -0.971. The van der Waals surface area contributed by atoms with Gasteiger partial charge in [-0.15, -0.1) is 11.6 Å². The van der Waals surface area contributed by atoms with Gasteiger partial charge in [0, 0.05) is 11.8 Å². The fourth-order valence-corrected chi connectivity index (χ4v) is 1.30. The molecule has 0 bridgehead atoms. The lowest BCUT2D eigenvalue weighted by Gasteiger charge is -2.05. The Hall–Kier alpha value is -0.480. The Balaban J connectivity index is 3.27. The van der Waals surface area contributed by atoms with Crippen molar-refractivity contribution >= 4 is 23.2 Å². The molecule has 0 N–H and O–H groups in total. The van der Waals surface area contributed by atoms with Crippen molar-refractivity contribution in [2.45, 2.75) is 12.3 Å². The van der Waals surface area contributed by atoms with Gasteiger partial charge in [-0.25, -0.2) is 18.2 Å². The van der Waals surface area contributed by atoms with E-state index in [0.29, 0.717) is 6.20 Å². The van der Waals surface area contributed by atoms with Gasteiger partial charge in [-0.1, -0.05) is 11.6 Å². The van der Waals surface area contributed by atoms with Gasteiger partial charge in [-0.05, 0) is 0 Å². The maximum absolute atomic E-state index is 13.1. The van der Waals surface area contributed by atoms with E-state index in [1.807, 2.05) is 0 Å². The summed E-state index contributed by atoms with van der Waals surface area (Å²) in [5.74, 6) is -1.36. The highest BCUT2D eigenvalue weighted by molar-refractivity contribution is 6.31. The lowest BCUT2D eigenvalue weighted by molar-refractivity contribution is 0.145. The van der Waals surface area contributed by atoms with Gasteiger partial charge >= 0.3 is 0 Å². The number of pyridine rings is 1. The van der Waals surface area contributed by atoms with Crippen molar-refractivity contribution in [3.05, 3.63) is 28.3 Å². The van der Waals surface area contributed by atoms with Crippen LogP contribution >= 0.6 is 23.2 Å². The third-order valence-corrected chi connectivity index (χ3v) is 2.05. The van der Waals surface area contributed by atoms with Crippen molar-refractivity contribution in [1.82, 2.24) is 4.98 Å². The summed E-state index contributed by atoms with van der Waals surface area (Å²) >= 11 is 10.7. The Morgan fingerprint density at radius 2 is 2.08 bits per heavy atom. The van der Waals surface area contributed by atoms with Crippen LogP contribution in [0.25, 0.3) is 0 Å². The molecule has 0 unspecified atom stereocenters. The zero-order valence-electron chi connectivity index (χ0n) is 6.20. The minimum atomic E-state index is -2.91. The maximum atomic E-state index is 13.1. The van der Waals surface area contributed by atoms with Gasteiger partial charge in [-0.2, -0.15) is 0 Å². The third kappa shape index (κ3) is 2.06. The molecule has 0 saturated heterocycles. The normalized spacial score (nSPS) is 10.9. The van der Waals surface area contributed by atoms with Crippen LogP contribution in [0.2, 0.25) is 5.15 Å². The molecule has 0 saturated carbocycles. The predicted molar refractivity (Wildman–Crippen MR) is 43.7 cm³/mol. The first-order chi connectivity index (χ1) is 6.07. The van der Waals surface area contributed by atoms with Crippen LogP contribution in [-0.2, 0) is 5.88 Å². The molecule has 0 aliphatic carbocycles. The van der Waals surface area contributed by atoms with E-state index < -0.39 is 17.8 Å². The molecule has 1 aromatic rings. The van der Waals surface area contributed by atoms with Crippen molar-refractivity contribution < 1.29 is 13.2 Å². The van der Waals surface area contributed by atoms with Gasteiger partial charge in [0.1, 0.15) is 11.0 Å². The van der Waals surface area contributed by atoms with E-state index in [4.69, 9.17) is 23.2 Å². The van der Waals surface area contributed by atoms with Gasteiger partial charge in [0.15, 0.2) is 0 Å². The summed E-state index contributed by atoms with van der Waals surface area (Å²) in [5, 5.41) is -0.183. The molecule has 6 heteroatoms. The van der Waals surface area contributed by atoms with Crippen LogP contribution in [0.5, 0.6) is 0 Å². The minimum absolute atomic E-state index is 0.183. The van der Waals surface area contributed by atoms with Crippen LogP contribution in [0.4, 0.5) is 13.2 Å². The molecular weight excluding hydrogens is 226 g/mol. The molecule has 72 valence electrons. The van der Waals surface area contributed by atoms with E-state index in [9.17, 15) is 13.2 Å². The number of alkyl halides is 3. The van der Waals surface area contributed by atoms with E-state index in [-0.39, 0.29) is 16.6 Å². The predicted octanol–water partition coefficient (Wildman–Crippen LogP) is 3.55. The highest BCUT2D eigenvalue weighted by Crippen LogP contribution is 2.27. The van der Waals surface area contributed by atoms with Gasteiger partial charge in [0.2, 0.25) is 0 Å². The molecule has 0 aliphatic rings. The fourth-order valence-electron chi connectivity index (χ4n) is 0.792. The highest BCUT2D eigenvalue weighted by Gasteiger charge is 2.19. The molecule has 0 aromatic carbocycles. The van der Waals surface area contributed by atoms with Crippen LogP contribution in [-0.4, -0.2) is 4.98 Å². The maximum Gasteiger partial charge on any atom is 0.268 e. The van der Waals surface area contributed by atoms with Crippen molar-refractivity contribution in [2.24, 2.45) is 0 Å². The molecule has 0 atom stereocenters. The molecule has 13 heavy (non-hydrogen) atoms. The molecule has 1 aromatic heterocycles. The molecule has 0 amide bonds. The van der Waals surface area contributed by atoms with E-state index in [2.05, 4.69) is 4.98 Å². The lowest BCUT2D eigenvalue weighted by Crippen LogP contribution is -1.99. The number of hydrogen-bond donors (Lipinski definition) is 0. The highest BCUT2D eigenvalue weighted by atomic mass is 35.5. The van der Waals surface area contributed by atoms with Crippen molar-refractivity contribution in [1.29, 1.82) is 0 Å². The van der Waals surface area contributed by atoms with Crippen LogP contribution in [0.1, 0.15) is 17.6 Å². The second-order valence-corrected chi connectivity index (χ2v) is 2.86. The molecule has 1 nitrogen and oxygen atoms in total. The topological polar surface area (TPSA) is 12.9 Å². The Labute approximate surface area is 82.5 Å². The first-order valence-corrected chi connectivity index (χ1v) is 4.16. The summed E-state index contributed by atoms with van der Waals surface area (Å²) in [6.07, 6.45) is -2.20. The van der Waals surface area contributed by atoms with Crippen LogP contribution < -0.4 is 0 Å². The second-order valence-electron chi connectivity index (χ2n) is 2.23. The zero-order valence-corrected chi connectivity index (χ0v) is 7.71. The summed E-state index contributed by atoms with van der Waals surface area (Å²) < 4.78 is 37.3. The summed E-state index contributed by atoms with van der Waals surface area (Å²) in [6, 6.07) is 0. The molecular formula is C7H4Cl2F3N. The summed E-state index contributed by atoms with van der Waals surface area (Å²) in [7, 11) is 0. The van der Waals surface area contributed by atoms with Crippen molar-refractivity contribution in [2.75, 3.05) is 0 Å². The molecule has 0 spiro atoms. The van der Waals surface area contributed by atoms with E-state index >= 15 is 0 Å². The molecule has 0 fully saturated rings. The number of aromatic nitrogens is 1. The Morgan fingerprint density at radius 3 is 2.54 bits per heavy atom.